The summed E-state index contributed by atoms with van der Waals surface area (Å²) >= 11 is 0. The molecule has 3 aromatic rings. The normalized spacial score (nSPS) is 19.9. The highest BCUT2D eigenvalue weighted by molar-refractivity contribution is 5.65. The highest BCUT2D eigenvalue weighted by Gasteiger charge is 2.25. The van der Waals surface area contributed by atoms with Gasteiger partial charge in [-0.15, -0.1) is 0 Å². The van der Waals surface area contributed by atoms with Crippen molar-refractivity contribution in [2.75, 3.05) is 19.8 Å². The predicted molar refractivity (Wildman–Crippen MR) is 124 cm³/mol. The second kappa shape index (κ2) is 10.6. The van der Waals surface area contributed by atoms with Crippen molar-refractivity contribution in [3.05, 3.63) is 72.3 Å². The first-order chi connectivity index (χ1) is 16.0. The van der Waals surface area contributed by atoms with E-state index in [4.69, 9.17) is 9.47 Å². The number of ether oxygens (including phenoxy) is 2. The number of benzene rings is 2. The van der Waals surface area contributed by atoms with Crippen molar-refractivity contribution in [2.45, 2.75) is 37.7 Å². The van der Waals surface area contributed by atoms with E-state index in [2.05, 4.69) is 16.8 Å². The number of imidazole rings is 1. The smallest absolute Gasteiger partial charge is 0.148 e. The molecular weight excluding hydrogens is 420 g/mol. The zero-order valence-electron chi connectivity index (χ0n) is 18.5. The summed E-state index contributed by atoms with van der Waals surface area (Å²) in [5, 5.41) is 29.6. The summed E-state index contributed by atoms with van der Waals surface area (Å²) in [6, 6.07) is 15.1. The Morgan fingerprint density at radius 3 is 2.48 bits per heavy atom. The summed E-state index contributed by atoms with van der Waals surface area (Å²) in [7, 11) is 0. The quantitative estimate of drug-likeness (QED) is 0.502. The predicted octanol–water partition coefficient (Wildman–Crippen LogP) is 2.72. The van der Waals surface area contributed by atoms with Crippen LogP contribution in [0, 0.1) is 11.8 Å². The first kappa shape index (κ1) is 23.0. The Morgan fingerprint density at radius 2 is 1.85 bits per heavy atom. The second-order valence-electron chi connectivity index (χ2n) is 8.03. The third kappa shape index (κ3) is 5.62. The summed E-state index contributed by atoms with van der Waals surface area (Å²) < 4.78 is 12.9. The molecule has 1 aliphatic rings. The first-order valence-electron chi connectivity index (χ1n) is 11.0. The van der Waals surface area contributed by atoms with Gasteiger partial charge in [-0.3, -0.25) is 0 Å². The number of rotatable bonds is 6. The number of aliphatic hydroxyl groups excluding tert-OH is 3. The molecule has 2 aromatic carbocycles. The molecule has 33 heavy (non-hydrogen) atoms. The third-order valence-electron chi connectivity index (χ3n) is 5.59. The van der Waals surface area contributed by atoms with E-state index in [1.165, 1.54) is 0 Å². The van der Waals surface area contributed by atoms with Gasteiger partial charge in [0.25, 0.3) is 0 Å². The van der Waals surface area contributed by atoms with Gasteiger partial charge in [0.1, 0.15) is 29.8 Å². The summed E-state index contributed by atoms with van der Waals surface area (Å²) in [6.07, 6.45) is 2.28. The van der Waals surface area contributed by atoms with E-state index in [1.807, 2.05) is 48.5 Å². The maximum atomic E-state index is 10.0. The lowest BCUT2D eigenvalue weighted by Crippen LogP contribution is -2.40. The van der Waals surface area contributed by atoms with Gasteiger partial charge in [-0.25, -0.2) is 4.98 Å². The molecule has 7 nitrogen and oxygen atoms in total. The Labute approximate surface area is 193 Å². The number of aliphatic hydroxyl groups is 3. The Balaban J connectivity index is 1.43. The first-order valence-corrected chi connectivity index (χ1v) is 11.0. The fraction of sp³-hybridized carbons (Fsp3) is 0.346. The van der Waals surface area contributed by atoms with Crippen molar-refractivity contribution in [3.63, 3.8) is 0 Å². The van der Waals surface area contributed by atoms with Crippen LogP contribution in [0.25, 0.3) is 11.1 Å². The molecule has 0 aliphatic carbocycles. The van der Waals surface area contributed by atoms with Crippen molar-refractivity contribution < 1.29 is 24.8 Å². The standard InChI is InChI=1S/C26H28N2O5/c1-18(30)26-27-13-14-28(26)22(16-29)9-4-19-2-5-20(6-3-19)21-7-10-23(11-8-21)33-25-17-32-15-12-24(25)31/h2-3,5-8,10-11,13-14,18,22,24-25,29-31H,12,15-17H2,1H3/t18-,22-,24+,25?/m0/s1. The van der Waals surface area contributed by atoms with E-state index in [9.17, 15) is 15.3 Å². The van der Waals surface area contributed by atoms with Gasteiger partial charge < -0.3 is 29.4 Å². The molecular formula is C26H28N2O5. The highest BCUT2D eigenvalue weighted by atomic mass is 16.5. The van der Waals surface area contributed by atoms with Crippen LogP contribution >= 0.6 is 0 Å². The lowest BCUT2D eigenvalue weighted by atomic mass is 10.0. The summed E-state index contributed by atoms with van der Waals surface area (Å²) in [6.45, 7) is 2.41. The lowest BCUT2D eigenvalue weighted by molar-refractivity contribution is -0.0735. The third-order valence-corrected chi connectivity index (χ3v) is 5.59. The molecule has 7 heteroatoms. The second-order valence-corrected chi connectivity index (χ2v) is 8.03. The van der Waals surface area contributed by atoms with E-state index in [-0.39, 0.29) is 12.7 Å². The fourth-order valence-electron chi connectivity index (χ4n) is 3.74. The van der Waals surface area contributed by atoms with Crippen LogP contribution in [0.2, 0.25) is 0 Å². The lowest BCUT2D eigenvalue weighted by Gasteiger charge is -2.28. The minimum absolute atomic E-state index is 0.181. The van der Waals surface area contributed by atoms with Gasteiger partial charge in [-0.2, -0.15) is 0 Å². The summed E-state index contributed by atoms with van der Waals surface area (Å²) in [5.41, 5.74) is 2.90. The van der Waals surface area contributed by atoms with Crippen molar-refractivity contribution >= 4 is 0 Å². The van der Waals surface area contributed by atoms with E-state index in [0.717, 1.165) is 16.7 Å². The molecule has 2 heterocycles. The molecule has 4 rings (SSSR count). The minimum atomic E-state index is -0.743. The maximum absolute atomic E-state index is 10.0. The minimum Gasteiger partial charge on any atom is -0.485 e. The molecule has 4 atom stereocenters. The molecule has 0 spiro atoms. The molecule has 0 radical (unpaired) electrons. The summed E-state index contributed by atoms with van der Waals surface area (Å²) in [5.74, 6) is 7.31. The number of hydrogen-bond acceptors (Lipinski definition) is 6. The molecule has 1 aliphatic heterocycles. The van der Waals surface area contributed by atoms with Gasteiger partial charge in [0.15, 0.2) is 0 Å². The topological polar surface area (TPSA) is 97.0 Å². The number of hydrogen-bond donors (Lipinski definition) is 3. The zero-order valence-corrected chi connectivity index (χ0v) is 18.5. The van der Waals surface area contributed by atoms with Crippen LogP contribution in [-0.4, -0.2) is 56.9 Å². The summed E-state index contributed by atoms with van der Waals surface area (Å²) in [4.78, 5) is 4.13. The van der Waals surface area contributed by atoms with Crippen molar-refractivity contribution in [3.8, 4) is 28.7 Å². The average molecular weight is 449 g/mol. The fourth-order valence-corrected chi connectivity index (χ4v) is 3.74. The van der Waals surface area contributed by atoms with E-state index >= 15 is 0 Å². The molecule has 0 bridgehead atoms. The van der Waals surface area contributed by atoms with Gasteiger partial charge in [0.2, 0.25) is 0 Å². The monoisotopic (exact) mass is 448 g/mol. The van der Waals surface area contributed by atoms with E-state index in [0.29, 0.717) is 31.2 Å². The molecule has 0 saturated carbocycles. The van der Waals surface area contributed by atoms with Crippen molar-refractivity contribution in [2.24, 2.45) is 0 Å². The Kier molecular flexibility index (Phi) is 7.43. The zero-order chi connectivity index (χ0) is 23.2. The van der Waals surface area contributed by atoms with Gasteiger partial charge in [0.05, 0.1) is 19.3 Å². The van der Waals surface area contributed by atoms with Crippen LogP contribution in [0.1, 0.15) is 36.9 Å². The van der Waals surface area contributed by atoms with E-state index in [1.54, 1.807) is 23.9 Å². The average Bonchev–Trinajstić information content (AvgIpc) is 3.32. The highest BCUT2D eigenvalue weighted by Crippen LogP contribution is 2.24. The molecule has 0 amide bonds. The van der Waals surface area contributed by atoms with Gasteiger partial charge in [-0.05, 0) is 42.3 Å². The number of aromatic nitrogens is 2. The Hall–Kier alpha value is -3.15. The van der Waals surface area contributed by atoms with Gasteiger partial charge in [0, 0.05) is 31.0 Å². The molecule has 172 valence electrons. The SMILES string of the molecule is C[C@H](O)c1nccn1[C@@H](C#Cc1ccc(-c2ccc(OC3COCC[C@H]3O)cc2)cc1)CO. The Bertz CT molecular complexity index is 1100. The van der Waals surface area contributed by atoms with Crippen molar-refractivity contribution in [1.29, 1.82) is 0 Å². The van der Waals surface area contributed by atoms with Crippen LogP contribution in [0.15, 0.2) is 60.9 Å². The van der Waals surface area contributed by atoms with Gasteiger partial charge >= 0.3 is 0 Å². The van der Waals surface area contributed by atoms with Crippen LogP contribution < -0.4 is 4.74 Å². The molecule has 1 saturated heterocycles. The number of nitrogens with zero attached hydrogens (tertiary/aromatic N) is 2. The van der Waals surface area contributed by atoms with Crippen LogP contribution in [0.4, 0.5) is 0 Å². The van der Waals surface area contributed by atoms with Gasteiger partial charge in [-0.1, -0.05) is 36.1 Å². The van der Waals surface area contributed by atoms with E-state index < -0.39 is 18.2 Å². The van der Waals surface area contributed by atoms with Crippen LogP contribution in [-0.2, 0) is 4.74 Å². The maximum Gasteiger partial charge on any atom is 0.148 e. The molecule has 1 unspecified atom stereocenters. The molecule has 1 aromatic heterocycles. The van der Waals surface area contributed by atoms with Crippen LogP contribution in [0.3, 0.4) is 0 Å². The molecule has 1 fully saturated rings. The van der Waals surface area contributed by atoms with Crippen LogP contribution in [0.5, 0.6) is 5.75 Å². The Morgan fingerprint density at radius 1 is 1.15 bits per heavy atom. The largest absolute Gasteiger partial charge is 0.485 e. The molecule has 3 N–H and O–H groups in total. The van der Waals surface area contributed by atoms with Crippen molar-refractivity contribution in [1.82, 2.24) is 9.55 Å².